The van der Waals surface area contributed by atoms with E-state index in [-0.39, 0.29) is 29.0 Å². The van der Waals surface area contributed by atoms with Gasteiger partial charge in [0.1, 0.15) is 18.1 Å². The zero-order valence-corrected chi connectivity index (χ0v) is 27.5. The van der Waals surface area contributed by atoms with Gasteiger partial charge in [0.2, 0.25) is 17.6 Å². The number of carbonyl (C=O) groups excluding carboxylic acids is 3. The van der Waals surface area contributed by atoms with E-state index >= 15 is 0 Å². The maximum absolute atomic E-state index is 13.7. The van der Waals surface area contributed by atoms with Crippen molar-refractivity contribution in [2.45, 2.75) is 52.6 Å². The van der Waals surface area contributed by atoms with Gasteiger partial charge < -0.3 is 23.9 Å². The lowest BCUT2D eigenvalue weighted by molar-refractivity contribution is -0.122. The highest BCUT2D eigenvalue weighted by Crippen LogP contribution is 2.36. The average Bonchev–Trinajstić information content (AvgIpc) is 3.57. The second-order valence-electron chi connectivity index (χ2n) is 11.5. The first kappa shape index (κ1) is 34.3. The highest BCUT2D eigenvalue weighted by Gasteiger charge is 2.35. The van der Waals surface area contributed by atoms with Crippen molar-refractivity contribution >= 4 is 23.5 Å². The monoisotopic (exact) mass is 646 g/mol. The summed E-state index contributed by atoms with van der Waals surface area (Å²) in [5.74, 6) is -0.475. The molecule has 0 aliphatic heterocycles. The molecule has 2 aromatic heterocycles. The fourth-order valence-electron chi connectivity index (χ4n) is 4.87. The van der Waals surface area contributed by atoms with Gasteiger partial charge in [-0.3, -0.25) is 24.3 Å². The summed E-state index contributed by atoms with van der Waals surface area (Å²) in [4.78, 5) is 57.2. The molecule has 0 saturated heterocycles. The molecule has 0 aliphatic carbocycles. The first-order chi connectivity index (χ1) is 22.3. The van der Waals surface area contributed by atoms with Crippen molar-refractivity contribution in [1.82, 2.24) is 25.1 Å². The number of amides is 2. The number of hydrogen-bond donors (Lipinski definition) is 2. The summed E-state index contributed by atoms with van der Waals surface area (Å²) >= 11 is 0. The molecule has 248 valence electrons. The summed E-state index contributed by atoms with van der Waals surface area (Å²) in [6.07, 6.45) is -0.867. The van der Waals surface area contributed by atoms with Crippen LogP contribution in [0.1, 0.15) is 55.5 Å². The van der Waals surface area contributed by atoms with Gasteiger partial charge in [-0.1, -0.05) is 50.2 Å². The SMILES string of the molecule is COC(=O)Nc1c(C)nc(-c2ccccc2)n(CC(=O)NC(C(=O)c2nnc(C(C)(C)c3ccc(OC)c(OC)c3)o2)C(C)C)c1=O. The second-order valence-corrected chi connectivity index (χ2v) is 11.5. The zero-order chi connectivity index (χ0) is 34.5. The minimum absolute atomic E-state index is 0.142. The van der Waals surface area contributed by atoms with E-state index in [2.05, 4.69) is 30.6 Å². The minimum Gasteiger partial charge on any atom is -0.493 e. The predicted molar refractivity (Wildman–Crippen MR) is 172 cm³/mol. The van der Waals surface area contributed by atoms with Crippen molar-refractivity contribution in [3.63, 3.8) is 0 Å². The third kappa shape index (κ3) is 7.32. The van der Waals surface area contributed by atoms with Crippen LogP contribution in [0.2, 0.25) is 0 Å². The number of anilines is 1. The molecular weight excluding hydrogens is 608 g/mol. The van der Waals surface area contributed by atoms with Crippen molar-refractivity contribution in [3.8, 4) is 22.9 Å². The van der Waals surface area contributed by atoms with E-state index in [4.69, 9.17) is 13.9 Å². The molecule has 2 N–H and O–H groups in total. The number of Topliss-reactive ketones (excluding diaryl/α,β-unsaturated/α-hetero) is 1. The number of aryl methyl sites for hydroxylation is 1. The Morgan fingerprint density at radius 3 is 2.28 bits per heavy atom. The second kappa shape index (κ2) is 14.3. The van der Waals surface area contributed by atoms with Gasteiger partial charge in [-0.2, -0.15) is 0 Å². The van der Waals surface area contributed by atoms with Crippen LogP contribution in [-0.4, -0.2) is 64.9 Å². The molecule has 4 aromatic rings. The first-order valence-electron chi connectivity index (χ1n) is 14.7. The van der Waals surface area contributed by atoms with Crippen molar-refractivity contribution in [1.29, 1.82) is 0 Å². The van der Waals surface area contributed by atoms with E-state index in [0.29, 0.717) is 17.1 Å². The molecular formula is C33H38N6O8. The summed E-state index contributed by atoms with van der Waals surface area (Å²) in [5.41, 5.74) is -0.0599. The molecule has 0 aliphatic rings. The number of benzene rings is 2. The van der Waals surface area contributed by atoms with E-state index in [9.17, 15) is 19.2 Å². The molecule has 1 unspecified atom stereocenters. The van der Waals surface area contributed by atoms with Gasteiger partial charge in [-0.25, -0.2) is 9.78 Å². The van der Waals surface area contributed by atoms with Crippen molar-refractivity contribution in [2.75, 3.05) is 26.6 Å². The van der Waals surface area contributed by atoms with Crippen LogP contribution in [-0.2, 0) is 21.5 Å². The Labute approximate surface area is 271 Å². The van der Waals surface area contributed by atoms with Crippen LogP contribution in [0.4, 0.5) is 10.5 Å². The van der Waals surface area contributed by atoms with Crippen LogP contribution in [0.5, 0.6) is 11.5 Å². The van der Waals surface area contributed by atoms with Gasteiger partial charge in [0.25, 0.3) is 11.4 Å². The lowest BCUT2D eigenvalue weighted by Gasteiger charge is -2.22. The number of nitrogens with one attached hydrogen (secondary N) is 2. The number of hydrogen-bond acceptors (Lipinski definition) is 11. The van der Waals surface area contributed by atoms with Crippen LogP contribution in [0.25, 0.3) is 11.4 Å². The van der Waals surface area contributed by atoms with Gasteiger partial charge in [0, 0.05) is 5.56 Å². The number of aromatic nitrogens is 4. The Balaban J connectivity index is 1.62. The number of rotatable bonds is 12. The number of nitrogens with zero attached hydrogens (tertiary/aromatic N) is 4. The van der Waals surface area contributed by atoms with Gasteiger partial charge in [-0.15, -0.1) is 10.2 Å². The lowest BCUT2D eigenvalue weighted by Crippen LogP contribution is -2.47. The van der Waals surface area contributed by atoms with Crippen LogP contribution < -0.4 is 25.7 Å². The molecule has 14 nitrogen and oxygen atoms in total. The quantitative estimate of drug-likeness (QED) is 0.211. The Hall–Kier alpha value is -5.53. The topological polar surface area (TPSA) is 177 Å². The molecule has 0 fully saturated rings. The maximum Gasteiger partial charge on any atom is 0.411 e. The minimum atomic E-state index is -1.07. The maximum atomic E-state index is 13.7. The summed E-state index contributed by atoms with van der Waals surface area (Å²) in [6.45, 7) is 8.27. The van der Waals surface area contributed by atoms with Crippen molar-refractivity contribution in [3.05, 3.63) is 81.9 Å². The van der Waals surface area contributed by atoms with Crippen LogP contribution >= 0.6 is 0 Å². The molecule has 4 rings (SSSR count). The van der Waals surface area contributed by atoms with Gasteiger partial charge in [-0.05, 0) is 44.4 Å². The highest BCUT2D eigenvalue weighted by atomic mass is 16.5. The molecule has 2 amide bonds. The van der Waals surface area contributed by atoms with Crippen LogP contribution in [0, 0.1) is 12.8 Å². The van der Waals surface area contributed by atoms with E-state index in [1.165, 1.54) is 7.11 Å². The molecule has 1 atom stereocenters. The Morgan fingerprint density at radius 1 is 0.979 bits per heavy atom. The summed E-state index contributed by atoms with van der Waals surface area (Å²) in [7, 11) is 4.24. The molecule has 2 aromatic carbocycles. The first-order valence-corrected chi connectivity index (χ1v) is 14.7. The summed E-state index contributed by atoms with van der Waals surface area (Å²) < 4.78 is 22.4. The predicted octanol–water partition coefficient (Wildman–Crippen LogP) is 4.15. The fourth-order valence-corrected chi connectivity index (χ4v) is 4.87. The highest BCUT2D eigenvalue weighted by molar-refractivity contribution is 5.98. The largest absolute Gasteiger partial charge is 0.493 e. The number of ether oxygens (including phenoxy) is 3. The van der Waals surface area contributed by atoms with Crippen LogP contribution in [0.3, 0.4) is 0 Å². The fraction of sp³-hybridized carbons (Fsp3) is 0.364. The third-order valence-corrected chi connectivity index (χ3v) is 7.64. The molecule has 0 saturated carbocycles. The number of carbonyl (C=O) groups is 3. The smallest absolute Gasteiger partial charge is 0.411 e. The standard InChI is InChI=1S/C33H38N6O8/c1-18(2)25(27(41)29-37-38-31(47-29)33(4,5)21-14-15-22(44-6)23(16-21)45-7)35-24(40)17-39-28(20-12-10-9-11-13-20)34-19(3)26(30(39)42)36-32(43)46-8/h9-16,18,25H,17H2,1-8H3,(H,35,40)(H,36,43). The lowest BCUT2D eigenvalue weighted by atomic mass is 9.84. The van der Waals surface area contributed by atoms with E-state index in [1.54, 1.807) is 70.3 Å². The zero-order valence-electron chi connectivity index (χ0n) is 27.5. The Morgan fingerprint density at radius 2 is 1.66 bits per heavy atom. The number of methoxy groups -OCH3 is 3. The summed E-state index contributed by atoms with van der Waals surface area (Å²) in [5, 5.41) is 13.3. The summed E-state index contributed by atoms with van der Waals surface area (Å²) in [6, 6.07) is 13.1. The Kier molecular flexibility index (Phi) is 10.4. The molecule has 14 heteroatoms. The molecule has 0 radical (unpaired) electrons. The van der Waals surface area contributed by atoms with Crippen molar-refractivity contribution < 1.29 is 33.0 Å². The Bertz CT molecular complexity index is 1830. The average molecular weight is 647 g/mol. The number of ketones is 1. The molecule has 0 bridgehead atoms. The van der Waals surface area contributed by atoms with Gasteiger partial charge in [0.15, 0.2) is 11.5 Å². The van der Waals surface area contributed by atoms with Crippen LogP contribution in [0.15, 0.2) is 57.7 Å². The van der Waals surface area contributed by atoms with Gasteiger partial charge >= 0.3 is 6.09 Å². The third-order valence-electron chi connectivity index (χ3n) is 7.64. The van der Waals surface area contributed by atoms with E-state index < -0.39 is 47.3 Å². The van der Waals surface area contributed by atoms with Gasteiger partial charge in [0.05, 0.1) is 38.5 Å². The normalized spacial score (nSPS) is 11.9. The molecule has 2 heterocycles. The van der Waals surface area contributed by atoms with E-state index in [0.717, 1.165) is 17.2 Å². The molecule has 0 spiro atoms. The molecule has 47 heavy (non-hydrogen) atoms. The van der Waals surface area contributed by atoms with Crippen molar-refractivity contribution in [2.24, 2.45) is 5.92 Å². The van der Waals surface area contributed by atoms with E-state index in [1.807, 2.05) is 19.9 Å².